The van der Waals surface area contributed by atoms with Gasteiger partial charge >= 0.3 is 6.09 Å². The van der Waals surface area contributed by atoms with Crippen LogP contribution in [0, 0.1) is 13.8 Å². The van der Waals surface area contributed by atoms with E-state index in [1.165, 1.54) is 29.5 Å². The number of carbonyl (C=O) groups excluding carboxylic acids is 1. The molecule has 3 fully saturated rings. The minimum Gasteiger partial charge on any atom is -0.442 e. The summed E-state index contributed by atoms with van der Waals surface area (Å²) in [7, 11) is 0. The van der Waals surface area contributed by atoms with Crippen molar-refractivity contribution in [2.24, 2.45) is 0 Å². The Kier molecular flexibility index (Phi) is 3.80. The molecule has 4 nitrogen and oxygen atoms in total. The van der Waals surface area contributed by atoms with Gasteiger partial charge in [0, 0.05) is 25.7 Å². The fraction of sp³-hybridized carbons (Fsp3) is 0.632. The van der Waals surface area contributed by atoms with Crippen LogP contribution < -0.4 is 0 Å². The first kappa shape index (κ1) is 15.0. The quantitative estimate of drug-likeness (QED) is 0.858. The van der Waals surface area contributed by atoms with Gasteiger partial charge in [0.05, 0.1) is 6.04 Å². The third-order valence-electron chi connectivity index (χ3n) is 5.83. The molecule has 2 saturated heterocycles. The molecular weight excluding hydrogens is 288 g/mol. The molecule has 1 aromatic rings. The maximum Gasteiger partial charge on any atom is 0.410 e. The Bertz CT molecular complexity index is 609. The van der Waals surface area contributed by atoms with Crippen LogP contribution in [0.1, 0.15) is 42.4 Å². The molecule has 2 heterocycles. The monoisotopic (exact) mass is 314 g/mol. The Balaban J connectivity index is 1.44. The summed E-state index contributed by atoms with van der Waals surface area (Å²) < 4.78 is 5.67. The Morgan fingerprint density at radius 3 is 2.65 bits per heavy atom. The van der Waals surface area contributed by atoms with E-state index in [0.717, 1.165) is 32.5 Å². The Morgan fingerprint density at radius 1 is 1.13 bits per heavy atom. The first-order chi connectivity index (χ1) is 11.1. The molecule has 1 amide bonds. The summed E-state index contributed by atoms with van der Waals surface area (Å²) in [4.78, 5) is 16.7. The van der Waals surface area contributed by atoms with Crippen molar-refractivity contribution in [3.8, 4) is 0 Å². The summed E-state index contributed by atoms with van der Waals surface area (Å²) >= 11 is 0. The minimum atomic E-state index is -0.0715. The number of carbonyl (C=O) groups is 1. The SMILES string of the molecule is Cc1ccc(CN2C[C@H]3OC(=O)N(C4CCCC4)[C@H]3C2)cc1C. The number of likely N-dealkylation sites (tertiary alicyclic amines) is 1. The highest BCUT2D eigenvalue weighted by atomic mass is 16.6. The van der Waals surface area contributed by atoms with Crippen molar-refractivity contribution in [3.63, 3.8) is 0 Å². The molecule has 4 rings (SSSR count). The van der Waals surface area contributed by atoms with Crippen molar-refractivity contribution < 1.29 is 9.53 Å². The number of benzene rings is 1. The average Bonchev–Trinajstić information content (AvgIpc) is 3.19. The number of hydrogen-bond acceptors (Lipinski definition) is 3. The van der Waals surface area contributed by atoms with E-state index in [2.05, 4.69) is 41.8 Å². The van der Waals surface area contributed by atoms with Crippen LogP contribution in [-0.2, 0) is 11.3 Å². The number of amides is 1. The van der Waals surface area contributed by atoms with Crippen LogP contribution in [0.25, 0.3) is 0 Å². The number of rotatable bonds is 3. The van der Waals surface area contributed by atoms with Gasteiger partial charge in [0.15, 0.2) is 0 Å². The summed E-state index contributed by atoms with van der Waals surface area (Å²) in [6, 6.07) is 7.38. The van der Waals surface area contributed by atoms with Gasteiger partial charge in [0.2, 0.25) is 0 Å². The highest BCUT2D eigenvalue weighted by molar-refractivity contribution is 5.71. The first-order valence-electron chi connectivity index (χ1n) is 8.89. The zero-order chi connectivity index (χ0) is 16.0. The van der Waals surface area contributed by atoms with Crippen molar-refractivity contribution in [2.45, 2.75) is 64.3 Å². The summed E-state index contributed by atoms with van der Waals surface area (Å²) in [5.41, 5.74) is 4.04. The lowest BCUT2D eigenvalue weighted by Crippen LogP contribution is -2.43. The molecule has 1 saturated carbocycles. The zero-order valence-corrected chi connectivity index (χ0v) is 14.1. The van der Waals surface area contributed by atoms with Gasteiger partial charge < -0.3 is 4.74 Å². The molecule has 23 heavy (non-hydrogen) atoms. The highest BCUT2D eigenvalue weighted by Crippen LogP contribution is 2.34. The summed E-state index contributed by atoms with van der Waals surface area (Å²) in [6.45, 7) is 7.08. The van der Waals surface area contributed by atoms with Gasteiger partial charge in [-0.3, -0.25) is 9.80 Å². The van der Waals surface area contributed by atoms with Crippen LogP contribution >= 0.6 is 0 Å². The number of nitrogens with zero attached hydrogens (tertiary/aromatic N) is 2. The normalized spacial score (nSPS) is 28.4. The van der Waals surface area contributed by atoms with E-state index < -0.39 is 0 Å². The second-order valence-corrected chi connectivity index (χ2v) is 7.45. The van der Waals surface area contributed by atoms with E-state index in [1.54, 1.807) is 0 Å². The molecule has 0 aromatic heterocycles. The third-order valence-corrected chi connectivity index (χ3v) is 5.83. The summed E-state index contributed by atoms with van der Waals surface area (Å²) in [6.07, 6.45) is 4.79. The van der Waals surface area contributed by atoms with Gasteiger partial charge in [-0.2, -0.15) is 0 Å². The lowest BCUT2D eigenvalue weighted by molar-refractivity contribution is 0.113. The van der Waals surface area contributed by atoms with Crippen molar-refractivity contribution >= 4 is 6.09 Å². The van der Waals surface area contributed by atoms with E-state index >= 15 is 0 Å². The second-order valence-electron chi connectivity index (χ2n) is 7.45. The Hall–Kier alpha value is -1.55. The third kappa shape index (κ3) is 2.74. The van der Waals surface area contributed by atoms with Gasteiger partial charge in [0.1, 0.15) is 6.10 Å². The molecule has 2 atom stereocenters. The standard InChI is InChI=1S/C19H26N2O2/c1-13-7-8-15(9-14(13)2)10-20-11-17-18(12-20)23-19(22)21(17)16-5-3-4-6-16/h7-9,16-18H,3-6,10-12H2,1-2H3/t17-,18+/m0/s1. The molecular formula is C19H26N2O2. The van der Waals surface area contributed by atoms with E-state index in [0.29, 0.717) is 6.04 Å². The van der Waals surface area contributed by atoms with Crippen molar-refractivity contribution in [2.75, 3.05) is 13.1 Å². The van der Waals surface area contributed by atoms with Crippen LogP contribution in [0.3, 0.4) is 0 Å². The van der Waals surface area contributed by atoms with E-state index in [-0.39, 0.29) is 18.2 Å². The second kappa shape index (κ2) is 5.82. The molecule has 4 heteroatoms. The van der Waals surface area contributed by atoms with Gasteiger partial charge in [0.25, 0.3) is 0 Å². The van der Waals surface area contributed by atoms with Gasteiger partial charge in [-0.15, -0.1) is 0 Å². The van der Waals surface area contributed by atoms with Crippen LogP contribution in [-0.4, -0.2) is 47.2 Å². The van der Waals surface area contributed by atoms with E-state index in [9.17, 15) is 4.79 Å². The molecule has 0 bridgehead atoms. The van der Waals surface area contributed by atoms with E-state index in [4.69, 9.17) is 4.74 Å². The van der Waals surface area contributed by atoms with Crippen molar-refractivity contribution in [3.05, 3.63) is 34.9 Å². The van der Waals surface area contributed by atoms with Crippen LogP contribution in [0.4, 0.5) is 4.79 Å². The molecule has 0 radical (unpaired) electrons. The summed E-state index contributed by atoms with van der Waals surface area (Å²) in [5, 5.41) is 0. The minimum absolute atomic E-state index is 0.0645. The molecule has 0 spiro atoms. The summed E-state index contributed by atoms with van der Waals surface area (Å²) in [5.74, 6) is 0. The molecule has 0 N–H and O–H groups in total. The van der Waals surface area contributed by atoms with Crippen LogP contribution in [0.2, 0.25) is 0 Å². The van der Waals surface area contributed by atoms with E-state index in [1.807, 2.05) is 0 Å². The fourth-order valence-electron chi connectivity index (χ4n) is 4.43. The largest absolute Gasteiger partial charge is 0.442 e. The molecule has 2 aliphatic heterocycles. The molecule has 1 aliphatic carbocycles. The lowest BCUT2D eigenvalue weighted by atomic mass is 10.1. The predicted octanol–water partition coefficient (Wildman–Crippen LogP) is 3.25. The number of hydrogen-bond donors (Lipinski definition) is 0. The van der Waals surface area contributed by atoms with Crippen LogP contribution in [0.5, 0.6) is 0 Å². The Morgan fingerprint density at radius 2 is 1.91 bits per heavy atom. The fourth-order valence-corrected chi connectivity index (χ4v) is 4.43. The van der Waals surface area contributed by atoms with Gasteiger partial charge in [-0.1, -0.05) is 31.0 Å². The Labute approximate surface area is 138 Å². The van der Waals surface area contributed by atoms with Crippen molar-refractivity contribution in [1.29, 1.82) is 0 Å². The zero-order valence-electron chi connectivity index (χ0n) is 14.1. The lowest BCUT2D eigenvalue weighted by Gasteiger charge is -2.27. The maximum atomic E-state index is 12.2. The molecule has 124 valence electrons. The topological polar surface area (TPSA) is 32.8 Å². The van der Waals surface area contributed by atoms with Gasteiger partial charge in [-0.05, 0) is 43.4 Å². The number of fused-ring (bicyclic) bond motifs is 1. The van der Waals surface area contributed by atoms with Gasteiger partial charge in [-0.25, -0.2) is 4.79 Å². The first-order valence-corrected chi connectivity index (χ1v) is 8.89. The van der Waals surface area contributed by atoms with Crippen molar-refractivity contribution in [1.82, 2.24) is 9.80 Å². The molecule has 1 aromatic carbocycles. The number of ether oxygens (including phenoxy) is 1. The average molecular weight is 314 g/mol. The molecule has 3 aliphatic rings. The highest BCUT2D eigenvalue weighted by Gasteiger charge is 2.50. The van der Waals surface area contributed by atoms with Crippen LogP contribution in [0.15, 0.2) is 18.2 Å². The predicted molar refractivity (Wildman–Crippen MR) is 89.3 cm³/mol. The smallest absolute Gasteiger partial charge is 0.410 e. The number of aryl methyl sites for hydroxylation is 2. The maximum absolute atomic E-state index is 12.2. The molecule has 0 unspecified atom stereocenters.